The lowest BCUT2D eigenvalue weighted by Gasteiger charge is -2.34. The number of allylic oxidation sites excluding steroid dienone is 1. The molecule has 0 fully saturated rings. The van der Waals surface area contributed by atoms with Gasteiger partial charge in [0.1, 0.15) is 5.60 Å². The van der Waals surface area contributed by atoms with Gasteiger partial charge in [0, 0.05) is 18.4 Å². The first kappa shape index (κ1) is 11.9. The van der Waals surface area contributed by atoms with Gasteiger partial charge < -0.3 is 10.1 Å². The van der Waals surface area contributed by atoms with Crippen LogP contribution >= 0.6 is 0 Å². The van der Waals surface area contributed by atoms with E-state index in [1.807, 2.05) is 40.8 Å². The van der Waals surface area contributed by atoms with Crippen molar-refractivity contribution in [1.29, 1.82) is 0 Å². The van der Waals surface area contributed by atoms with Crippen LogP contribution in [0.3, 0.4) is 0 Å². The van der Waals surface area contributed by atoms with E-state index >= 15 is 0 Å². The van der Waals surface area contributed by atoms with E-state index in [0.29, 0.717) is 0 Å². The van der Waals surface area contributed by atoms with Crippen molar-refractivity contribution in [2.45, 2.75) is 46.3 Å². The summed E-state index contributed by atoms with van der Waals surface area (Å²) in [5.74, 6) is 0. The highest BCUT2D eigenvalue weighted by atomic mass is 16.6. The highest BCUT2D eigenvalue weighted by molar-refractivity contribution is 5.71. The van der Waals surface area contributed by atoms with Gasteiger partial charge in [-0.25, -0.2) is 4.79 Å². The van der Waals surface area contributed by atoms with Crippen LogP contribution in [0, 0.1) is 0 Å². The van der Waals surface area contributed by atoms with Gasteiger partial charge in [0.25, 0.3) is 0 Å². The third kappa shape index (κ3) is 3.15. The topological polar surface area (TPSA) is 41.6 Å². The summed E-state index contributed by atoms with van der Waals surface area (Å²) in [7, 11) is 0. The van der Waals surface area contributed by atoms with E-state index in [2.05, 4.69) is 5.32 Å². The van der Waals surface area contributed by atoms with Crippen molar-refractivity contribution in [3.8, 4) is 0 Å². The summed E-state index contributed by atoms with van der Waals surface area (Å²) in [4.78, 5) is 13.6. The summed E-state index contributed by atoms with van der Waals surface area (Å²) in [5, 5.41) is 3.12. The van der Waals surface area contributed by atoms with Crippen molar-refractivity contribution in [2.24, 2.45) is 0 Å². The first-order valence-corrected chi connectivity index (χ1v) is 5.23. The van der Waals surface area contributed by atoms with Crippen molar-refractivity contribution < 1.29 is 9.53 Å². The summed E-state index contributed by atoms with van der Waals surface area (Å²) in [6.07, 6.45) is 1.56. The zero-order valence-electron chi connectivity index (χ0n) is 10.1. The zero-order valence-corrected chi connectivity index (χ0v) is 10.1. The molecule has 1 N–H and O–H groups in total. The second-order valence-corrected chi connectivity index (χ2v) is 4.89. The third-order valence-corrected chi connectivity index (χ3v) is 2.14. The summed E-state index contributed by atoms with van der Waals surface area (Å²) in [6, 6.07) is 0.129. The Hall–Kier alpha value is -1.19. The highest BCUT2D eigenvalue weighted by Gasteiger charge is 2.28. The van der Waals surface area contributed by atoms with Crippen molar-refractivity contribution in [2.75, 3.05) is 6.54 Å². The first-order chi connectivity index (χ1) is 6.81. The van der Waals surface area contributed by atoms with Gasteiger partial charge >= 0.3 is 6.09 Å². The lowest BCUT2D eigenvalue weighted by Crippen LogP contribution is -2.47. The van der Waals surface area contributed by atoms with E-state index in [1.54, 1.807) is 4.90 Å². The fraction of sp³-hybridized carbons (Fsp3) is 0.727. The molecule has 1 aliphatic heterocycles. The molecular formula is C11H20N2O2. The molecule has 0 aromatic rings. The molecule has 4 heteroatoms. The lowest BCUT2D eigenvalue weighted by atomic mass is 10.2. The van der Waals surface area contributed by atoms with Crippen molar-refractivity contribution >= 4 is 6.09 Å². The third-order valence-electron chi connectivity index (χ3n) is 2.14. The maximum absolute atomic E-state index is 11.9. The number of nitrogens with one attached hydrogen (secondary N) is 1. The monoisotopic (exact) mass is 212 g/mol. The van der Waals surface area contributed by atoms with Gasteiger partial charge in [-0.15, -0.1) is 0 Å². The minimum atomic E-state index is -0.443. The molecule has 0 saturated carbocycles. The van der Waals surface area contributed by atoms with Crippen LogP contribution in [0.15, 0.2) is 11.9 Å². The van der Waals surface area contributed by atoms with E-state index < -0.39 is 5.60 Å². The molecule has 1 amide bonds. The van der Waals surface area contributed by atoms with Gasteiger partial charge in [0.05, 0.1) is 6.04 Å². The Bertz CT molecular complexity index is 279. The van der Waals surface area contributed by atoms with Gasteiger partial charge in [0.15, 0.2) is 0 Å². The predicted octanol–water partition coefficient (Wildman–Crippen LogP) is 2.08. The van der Waals surface area contributed by atoms with Crippen LogP contribution in [0.1, 0.15) is 34.6 Å². The Kier molecular flexibility index (Phi) is 3.27. The van der Waals surface area contributed by atoms with Crippen LogP contribution in [0.4, 0.5) is 4.79 Å². The Balaban J connectivity index is 2.73. The van der Waals surface area contributed by atoms with E-state index in [1.165, 1.54) is 0 Å². The molecule has 0 aromatic carbocycles. The fourth-order valence-electron chi connectivity index (χ4n) is 1.52. The number of carbonyl (C=O) groups excluding carboxylic acids is 1. The van der Waals surface area contributed by atoms with Crippen LogP contribution in [0.2, 0.25) is 0 Å². The first-order valence-electron chi connectivity index (χ1n) is 5.23. The normalized spacial score (nSPS) is 21.8. The Morgan fingerprint density at radius 2 is 2.20 bits per heavy atom. The predicted molar refractivity (Wildman–Crippen MR) is 59.3 cm³/mol. The van der Waals surface area contributed by atoms with Gasteiger partial charge in [0.2, 0.25) is 0 Å². The second-order valence-electron chi connectivity index (χ2n) is 4.89. The molecule has 0 unspecified atom stereocenters. The van der Waals surface area contributed by atoms with Crippen molar-refractivity contribution in [1.82, 2.24) is 10.2 Å². The molecule has 1 rings (SSSR count). The lowest BCUT2D eigenvalue weighted by molar-refractivity contribution is 0.0243. The number of ether oxygens (including phenoxy) is 1. The van der Waals surface area contributed by atoms with Gasteiger partial charge in [-0.1, -0.05) is 0 Å². The fourth-order valence-corrected chi connectivity index (χ4v) is 1.52. The van der Waals surface area contributed by atoms with E-state index in [4.69, 9.17) is 4.74 Å². The minimum Gasteiger partial charge on any atom is -0.443 e. The number of hydrogen-bond acceptors (Lipinski definition) is 3. The van der Waals surface area contributed by atoms with Gasteiger partial charge in [-0.2, -0.15) is 0 Å². The van der Waals surface area contributed by atoms with E-state index in [0.717, 1.165) is 12.2 Å². The molecule has 0 spiro atoms. The zero-order chi connectivity index (χ0) is 11.6. The Morgan fingerprint density at radius 1 is 1.60 bits per heavy atom. The van der Waals surface area contributed by atoms with Crippen LogP contribution in [0.25, 0.3) is 0 Å². The van der Waals surface area contributed by atoms with Crippen molar-refractivity contribution in [3.63, 3.8) is 0 Å². The van der Waals surface area contributed by atoms with E-state index in [9.17, 15) is 4.79 Å². The standard InChI is InChI=1S/C11H20N2O2/c1-8-6-12-7-9(2)13(8)10(14)15-11(3,4)5/h6,9,12H,7H2,1-5H3/t9-/m1/s1. The van der Waals surface area contributed by atoms with Crippen LogP contribution < -0.4 is 5.32 Å². The number of hydrogen-bond donors (Lipinski definition) is 1. The molecule has 0 aromatic heterocycles. The largest absolute Gasteiger partial charge is 0.443 e. The smallest absolute Gasteiger partial charge is 0.414 e. The Morgan fingerprint density at radius 3 is 2.67 bits per heavy atom. The SMILES string of the molecule is CC1=CNC[C@@H](C)N1C(=O)OC(C)(C)C. The van der Waals surface area contributed by atoms with Gasteiger partial charge in [-0.3, -0.25) is 4.90 Å². The van der Waals surface area contributed by atoms with Crippen LogP contribution in [0.5, 0.6) is 0 Å². The highest BCUT2D eigenvalue weighted by Crippen LogP contribution is 2.17. The molecule has 4 nitrogen and oxygen atoms in total. The minimum absolute atomic E-state index is 0.129. The molecular weight excluding hydrogens is 192 g/mol. The molecule has 0 saturated heterocycles. The molecule has 0 aliphatic carbocycles. The summed E-state index contributed by atoms with van der Waals surface area (Å²) < 4.78 is 5.34. The average Bonchev–Trinajstić information content (AvgIpc) is 1.99. The maximum atomic E-state index is 11.9. The molecule has 0 radical (unpaired) electrons. The molecule has 0 bridgehead atoms. The quantitative estimate of drug-likeness (QED) is 0.668. The van der Waals surface area contributed by atoms with Crippen LogP contribution in [-0.2, 0) is 4.74 Å². The average molecular weight is 212 g/mol. The summed E-state index contributed by atoms with van der Waals surface area (Å²) >= 11 is 0. The number of amides is 1. The molecule has 15 heavy (non-hydrogen) atoms. The van der Waals surface area contributed by atoms with E-state index in [-0.39, 0.29) is 12.1 Å². The molecule has 1 atom stereocenters. The molecule has 1 aliphatic rings. The maximum Gasteiger partial charge on any atom is 0.414 e. The molecule has 86 valence electrons. The van der Waals surface area contributed by atoms with Crippen LogP contribution in [-0.4, -0.2) is 29.2 Å². The van der Waals surface area contributed by atoms with Crippen molar-refractivity contribution in [3.05, 3.63) is 11.9 Å². The summed E-state index contributed by atoms with van der Waals surface area (Å²) in [6.45, 7) is 10.3. The molecule has 1 heterocycles. The number of carbonyl (C=O) groups is 1. The number of rotatable bonds is 0. The second kappa shape index (κ2) is 4.13. The van der Waals surface area contributed by atoms with Gasteiger partial charge in [-0.05, 0) is 34.6 Å². The summed E-state index contributed by atoms with van der Waals surface area (Å²) in [5.41, 5.74) is 0.449. The Labute approximate surface area is 91.3 Å². The number of nitrogens with zero attached hydrogens (tertiary/aromatic N) is 1.